The molecule has 0 fully saturated rings. The summed E-state index contributed by atoms with van der Waals surface area (Å²) in [5.41, 5.74) is 6.60. The van der Waals surface area contributed by atoms with E-state index in [4.69, 9.17) is 4.98 Å². The SMILES string of the molecule is Cc1ccc(-c2cccc3c(C(=O)NCc4cccnc4)cc(C)nc23)cc1. The zero-order valence-corrected chi connectivity index (χ0v) is 15.9. The first-order chi connectivity index (χ1) is 13.6. The van der Waals surface area contributed by atoms with Gasteiger partial charge in [-0.2, -0.15) is 0 Å². The van der Waals surface area contributed by atoms with Crippen molar-refractivity contribution in [2.45, 2.75) is 20.4 Å². The van der Waals surface area contributed by atoms with E-state index in [0.29, 0.717) is 12.1 Å². The highest BCUT2D eigenvalue weighted by Gasteiger charge is 2.14. The van der Waals surface area contributed by atoms with Crippen LogP contribution >= 0.6 is 0 Å². The first-order valence-corrected chi connectivity index (χ1v) is 9.26. The Morgan fingerprint density at radius 2 is 1.82 bits per heavy atom. The first kappa shape index (κ1) is 17.9. The lowest BCUT2D eigenvalue weighted by atomic mass is 9.98. The van der Waals surface area contributed by atoms with Crippen LogP contribution in [0.5, 0.6) is 0 Å². The van der Waals surface area contributed by atoms with Crippen LogP contribution in [-0.4, -0.2) is 15.9 Å². The number of benzene rings is 2. The largest absolute Gasteiger partial charge is 0.348 e. The average molecular weight is 367 g/mol. The topological polar surface area (TPSA) is 54.9 Å². The molecule has 0 atom stereocenters. The number of nitrogens with zero attached hydrogens (tertiary/aromatic N) is 2. The molecular formula is C24H21N3O. The van der Waals surface area contributed by atoms with E-state index in [1.54, 1.807) is 12.4 Å². The molecule has 0 aliphatic heterocycles. The van der Waals surface area contributed by atoms with E-state index in [9.17, 15) is 4.79 Å². The Labute approximate surface area is 164 Å². The maximum absolute atomic E-state index is 12.9. The Kier molecular flexibility index (Phi) is 4.85. The number of rotatable bonds is 4. The number of aryl methyl sites for hydroxylation is 2. The maximum atomic E-state index is 12.9. The number of fused-ring (bicyclic) bond motifs is 1. The van der Waals surface area contributed by atoms with Gasteiger partial charge in [0.1, 0.15) is 0 Å². The number of carbonyl (C=O) groups is 1. The third-order valence-corrected chi connectivity index (χ3v) is 4.75. The van der Waals surface area contributed by atoms with Crippen molar-refractivity contribution in [3.05, 3.63) is 95.4 Å². The van der Waals surface area contributed by atoms with E-state index in [1.807, 2.05) is 37.3 Å². The molecule has 1 N–H and O–H groups in total. The van der Waals surface area contributed by atoms with Gasteiger partial charge in [-0.15, -0.1) is 0 Å². The van der Waals surface area contributed by atoms with Crippen molar-refractivity contribution >= 4 is 16.8 Å². The molecule has 4 rings (SSSR count). The van der Waals surface area contributed by atoms with Crippen molar-refractivity contribution in [1.82, 2.24) is 15.3 Å². The third kappa shape index (κ3) is 3.62. The predicted octanol–water partition coefficient (Wildman–Crippen LogP) is 4.84. The van der Waals surface area contributed by atoms with Crippen LogP contribution < -0.4 is 5.32 Å². The molecule has 1 amide bonds. The van der Waals surface area contributed by atoms with Crippen molar-refractivity contribution in [3.63, 3.8) is 0 Å². The average Bonchev–Trinajstić information content (AvgIpc) is 2.72. The summed E-state index contributed by atoms with van der Waals surface area (Å²) in [5.74, 6) is -0.111. The summed E-state index contributed by atoms with van der Waals surface area (Å²) in [7, 11) is 0. The predicted molar refractivity (Wildman–Crippen MR) is 112 cm³/mol. The molecule has 0 spiro atoms. The van der Waals surface area contributed by atoms with Crippen molar-refractivity contribution in [2.24, 2.45) is 0 Å². The number of hydrogen-bond acceptors (Lipinski definition) is 3. The van der Waals surface area contributed by atoms with E-state index >= 15 is 0 Å². The lowest BCUT2D eigenvalue weighted by Gasteiger charge is -2.12. The standard InChI is InChI=1S/C24H21N3O/c1-16-8-10-19(11-9-16)20-6-3-7-21-22(13-17(2)27-23(20)21)24(28)26-15-18-5-4-12-25-14-18/h3-14H,15H2,1-2H3,(H,26,28). The molecule has 0 aliphatic carbocycles. The quantitative estimate of drug-likeness (QED) is 0.561. The second-order valence-electron chi connectivity index (χ2n) is 6.92. The fourth-order valence-electron chi connectivity index (χ4n) is 3.31. The molecule has 0 saturated heterocycles. The molecule has 4 nitrogen and oxygen atoms in total. The van der Waals surface area contributed by atoms with Gasteiger partial charge in [-0.25, -0.2) is 0 Å². The molecule has 4 aromatic rings. The van der Waals surface area contributed by atoms with Crippen molar-refractivity contribution in [3.8, 4) is 11.1 Å². The zero-order chi connectivity index (χ0) is 19.5. The molecule has 0 aliphatic rings. The molecular weight excluding hydrogens is 346 g/mol. The summed E-state index contributed by atoms with van der Waals surface area (Å²) in [6.07, 6.45) is 3.48. The van der Waals surface area contributed by atoms with Crippen LogP contribution in [0, 0.1) is 13.8 Å². The number of amides is 1. The van der Waals surface area contributed by atoms with Crippen LogP contribution in [0.3, 0.4) is 0 Å². The van der Waals surface area contributed by atoms with E-state index in [0.717, 1.165) is 33.3 Å². The number of para-hydroxylation sites is 1. The molecule has 28 heavy (non-hydrogen) atoms. The Hall–Kier alpha value is -3.53. The highest BCUT2D eigenvalue weighted by molar-refractivity contribution is 6.09. The van der Waals surface area contributed by atoms with Crippen LogP contribution in [0.1, 0.15) is 27.2 Å². The third-order valence-electron chi connectivity index (χ3n) is 4.75. The molecule has 0 unspecified atom stereocenters. The highest BCUT2D eigenvalue weighted by Crippen LogP contribution is 2.30. The van der Waals surface area contributed by atoms with E-state index < -0.39 is 0 Å². The Morgan fingerprint density at radius 1 is 1.00 bits per heavy atom. The van der Waals surface area contributed by atoms with E-state index in [-0.39, 0.29) is 5.91 Å². The fourth-order valence-corrected chi connectivity index (χ4v) is 3.31. The van der Waals surface area contributed by atoms with Gasteiger partial charge in [0, 0.05) is 35.6 Å². The molecule has 0 saturated carbocycles. The summed E-state index contributed by atoms with van der Waals surface area (Å²) in [4.78, 5) is 21.8. The van der Waals surface area contributed by atoms with Crippen molar-refractivity contribution < 1.29 is 4.79 Å². The van der Waals surface area contributed by atoms with Crippen molar-refractivity contribution in [1.29, 1.82) is 0 Å². The number of pyridine rings is 2. The summed E-state index contributed by atoms with van der Waals surface area (Å²) < 4.78 is 0. The van der Waals surface area contributed by atoms with Gasteiger partial charge in [0.05, 0.1) is 11.1 Å². The van der Waals surface area contributed by atoms with Gasteiger partial charge in [-0.05, 0) is 37.1 Å². The molecule has 2 aromatic heterocycles. The second kappa shape index (κ2) is 7.61. The zero-order valence-electron chi connectivity index (χ0n) is 15.9. The van der Waals surface area contributed by atoms with Crippen molar-refractivity contribution in [2.75, 3.05) is 0 Å². The highest BCUT2D eigenvalue weighted by atomic mass is 16.1. The van der Waals surface area contributed by atoms with Gasteiger partial charge in [0.25, 0.3) is 5.91 Å². The van der Waals surface area contributed by atoms with Gasteiger partial charge in [-0.3, -0.25) is 14.8 Å². The smallest absolute Gasteiger partial charge is 0.252 e. The fraction of sp³-hybridized carbons (Fsp3) is 0.125. The monoisotopic (exact) mass is 367 g/mol. The Balaban J connectivity index is 1.74. The van der Waals surface area contributed by atoms with Crippen LogP contribution in [-0.2, 0) is 6.54 Å². The van der Waals surface area contributed by atoms with Crippen LogP contribution in [0.2, 0.25) is 0 Å². The van der Waals surface area contributed by atoms with Gasteiger partial charge >= 0.3 is 0 Å². The number of hydrogen-bond donors (Lipinski definition) is 1. The molecule has 138 valence electrons. The minimum absolute atomic E-state index is 0.111. The number of carbonyl (C=O) groups excluding carboxylic acids is 1. The molecule has 0 bridgehead atoms. The maximum Gasteiger partial charge on any atom is 0.252 e. The molecule has 0 radical (unpaired) electrons. The Bertz CT molecular complexity index is 1140. The normalized spacial score (nSPS) is 10.8. The van der Waals surface area contributed by atoms with Crippen LogP contribution in [0.25, 0.3) is 22.0 Å². The molecule has 4 heteroatoms. The summed E-state index contributed by atoms with van der Waals surface area (Å²) in [5, 5.41) is 3.85. The van der Waals surface area contributed by atoms with Gasteiger partial charge in [0.15, 0.2) is 0 Å². The molecule has 2 aromatic carbocycles. The number of nitrogens with one attached hydrogen (secondary N) is 1. The van der Waals surface area contributed by atoms with Gasteiger partial charge in [0.2, 0.25) is 0 Å². The van der Waals surface area contributed by atoms with E-state index in [1.165, 1.54) is 5.56 Å². The minimum Gasteiger partial charge on any atom is -0.348 e. The van der Waals surface area contributed by atoms with Gasteiger partial charge in [-0.1, -0.05) is 54.1 Å². The van der Waals surface area contributed by atoms with Crippen LogP contribution in [0.15, 0.2) is 73.1 Å². The minimum atomic E-state index is -0.111. The Morgan fingerprint density at radius 3 is 2.57 bits per heavy atom. The van der Waals surface area contributed by atoms with Crippen LogP contribution in [0.4, 0.5) is 0 Å². The number of aromatic nitrogens is 2. The lowest BCUT2D eigenvalue weighted by Crippen LogP contribution is -2.23. The van der Waals surface area contributed by atoms with E-state index in [2.05, 4.69) is 47.6 Å². The van der Waals surface area contributed by atoms with Gasteiger partial charge < -0.3 is 5.32 Å². The summed E-state index contributed by atoms with van der Waals surface area (Å²) in [6, 6.07) is 20.0. The first-order valence-electron chi connectivity index (χ1n) is 9.26. The molecule has 2 heterocycles. The second-order valence-corrected chi connectivity index (χ2v) is 6.92. The summed E-state index contributed by atoms with van der Waals surface area (Å²) in [6.45, 7) is 4.43. The lowest BCUT2D eigenvalue weighted by molar-refractivity contribution is 0.0952. The summed E-state index contributed by atoms with van der Waals surface area (Å²) >= 11 is 0.